The number of hydrogen-bond acceptors (Lipinski definition) is 4. The number of fused-ring (bicyclic) bond motifs is 1. The molecule has 4 nitrogen and oxygen atoms in total. The first-order valence-electron chi connectivity index (χ1n) is 4.09. The fraction of sp³-hybridized carbons (Fsp3) is 0.111. The number of aryl methyl sites for hydroxylation is 1. The van der Waals surface area contributed by atoms with Gasteiger partial charge in [0.1, 0.15) is 9.71 Å². The van der Waals surface area contributed by atoms with Gasteiger partial charge >= 0.3 is 5.97 Å². The van der Waals surface area contributed by atoms with Gasteiger partial charge in [0.25, 0.3) is 0 Å². The zero-order valence-corrected chi connectivity index (χ0v) is 10.1. The molecule has 0 aliphatic carbocycles. The zero-order chi connectivity index (χ0) is 11.2. The summed E-state index contributed by atoms with van der Waals surface area (Å²) < 4.78 is 0.830. The van der Waals surface area contributed by atoms with Crippen LogP contribution in [0.15, 0.2) is 10.5 Å². The number of nitrogen functional groups attached to an aromatic ring is 1. The summed E-state index contributed by atoms with van der Waals surface area (Å²) in [4.78, 5) is 15.9. The first kappa shape index (κ1) is 10.4. The third-order valence-electron chi connectivity index (χ3n) is 2.04. The minimum atomic E-state index is -1.01. The van der Waals surface area contributed by atoms with Crippen LogP contribution in [0.2, 0.25) is 0 Å². The van der Waals surface area contributed by atoms with Gasteiger partial charge in [-0.2, -0.15) is 0 Å². The van der Waals surface area contributed by atoms with E-state index in [2.05, 4.69) is 20.9 Å². The van der Waals surface area contributed by atoms with Gasteiger partial charge in [0.15, 0.2) is 0 Å². The second kappa shape index (κ2) is 3.46. The SMILES string of the molecule is Cc1nc2sc(C(=O)O)c(N)c2cc1Br. The maximum atomic E-state index is 10.9. The van der Waals surface area contributed by atoms with Crippen molar-refractivity contribution in [2.45, 2.75) is 6.92 Å². The molecule has 0 fully saturated rings. The molecule has 2 rings (SSSR count). The average Bonchev–Trinajstić information content (AvgIpc) is 2.46. The highest BCUT2D eigenvalue weighted by molar-refractivity contribution is 9.10. The van der Waals surface area contributed by atoms with Crippen LogP contribution < -0.4 is 5.73 Å². The number of rotatable bonds is 1. The van der Waals surface area contributed by atoms with E-state index >= 15 is 0 Å². The Kier molecular flexibility index (Phi) is 2.40. The molecule has 0 aliphatic heterocycles. The molecule has 78 valence electrons. The van der Waals surface area contributed by atoms with Gasteiger partial charge in [0.2, 0.25) is 0 Å². The van der Waals surface area contributed by atoms with Crippen LogP contribution in [-0.2, 0) is 0 Å². The number of anilines is 1. The summed E-state index contributed by atoms with van der Waals surface area (Å²) in [6.45, 7) is 1.85. The number of halogens is 1. The molecule has 0 spiro atoms. The molecule has 15 heavy (non-hydrogen) atoms. The zero-order valence-electron chi connectivity index (χ0n) is 7.74. The van der Waals surface area contributed by atoms with E-state index in [0.29, 0.717) is 10.2 Å². The maximum absolute atomic E-state index is 10.9. The Bertz CT molecular complexity index is 565. The van der Waals surface area contributed by atoms with Crippen molar-refractivity contribution in [1.29, 1.82) is 0 Å². The van der Waals surface area contributed by atoms with E-state index in [-0.39, 0.29) is 10.6 Å². The highest BCUT2D eigenvalue weighted by atomic mass is 79.9. The van der Waals surface area contributed by atoms with E-state index in [1.807, 2.05) is 6.92 Å². The first-order chi connectivity index (χ1) is 7.00. The predicted octanol–water partition coefficient (Wildman–Crippen LogP) is 2.65. The summed E-state index contributed by atoms with van der Waals surface area (Å²) in [6, 6.07) is 1.80. The minimum Gasteiger partial charge on any atom is -0.477 e. The highest BCUT2D eigenvalue weighted by Crippen LogP contribution is 2.34. The molecule has 0 unspecified atom stereocenters. The standard InChI is InChI=1S/C9H7BrN2O2S/c1-3-5(10)2-4-6(11)7(9(13)14)15-8(4)12-3/h2H,11H2,1H3,(H,13,14). The monoisotopic (exact) mass is 286 g/mol. The van der Waals surface area contributed by atoms with Crippen LogP contribution in [0.5, 0.6) is 0 Å². The lowest BCUT2D eigenvalue weighted by Gasteiger charge is -1.97. The Hall–Kier alpha value is -1.14. The summed E-state index contributed by atoms with van der Waals surface area (Å²) in [5.41, 5.74) is 6.84. The average molecular weight is 287 g/mol. The summed E-state index contributed by atoms with van der Waals surface area (Å²) in [5, 5.41) is 9.59. The molecule has 0 radical (unpaired) electrons. The summed E-state index contributed by atoms with van der Waals surface area (Å²) in [7, 11) is 0. The molecule has 0 saturated carbocycles. The van der Waals surface area contributed by atoms with Crippen LogP contribution in [0.1, 0.15) is 15.4 Å². The van der Waals surface area contributed by atoms with E-state index in [4.69, 9.17) is 10.8 Å². The van der Waals surface area contributed by atoms with Crippen molar-refractivity contribution in [3.63, 3.8) is 0 Å². The number of aromatic nitrogens is 1. The first-order valence-corrected chi connectivity index (χ1v) is 5.70. The Labute approximate surface area is 97.9 Å². The van der Waals surface area contributed by atoms with Crippen molar-refractivity contribution in [2.75, 3.05) is 5.73 Å². The second-order valence-corrected chi connectivity index (χ2v) is 4.91. The number of carboxylic acid groups (broad SMARTS) is 1. The number of aromatic carboxylic acids is 1. The molecule has 2 aromatic rings. The number of pyridine rings is 1. The van der Waals surface area contributed by atoms with Crippen molar-refractivity contribution in [2.24, 2.45) is 0 Å². The highest BCUT2D eigenvalue weighted by Gasteiger charge is 2.16. The third-order valence-corrected chi connectivity index (χ3v) is 3.95. The van der Waals surface area contributed by atoms with Gasteiger partial charge in [-0.1, -0.05) is 0 Å². The van der Waals surface area contributed by atoms with Gasteiger partial charge in [0.05, 0.1) is 11.4 Å². The van der Waals surface area contributed by atoms with Crippen molar-refractivity contribution in [3.05, 3.63) is 21.1 Å². The Balaban J connectivity index is 2.83. The molecule has 0 bridgehead atoms. The topological polar surface area (TPSA) is 76.2 Å². The Morgan fingerprint density at radius 1 is 1.67 bits per heavy atom. The van der Waals surface area contributed by atoms with Gasteiger partial charge in [-0.05, 0) is 28.9 Å². The van der Waals surface area contributed by atoms with Crippen LogP contribution in [0.3, 0.4) is 0 Å². The molecule has 3 N–H and O–H groups in total. The van der Waals surface area contributed by atoms with Crippen molar-refractivity contribution >= 4 is 49.1 Å². The molecule has 0 atom stereocenters. The number of nitrogens with zero attached hydrogens (tertiary/aromatic N) is 1. The van der Waals surface area contributed by atoms with Crippen molar-refractivity contribution in [3.8, 4) is 0 Å². The lowest BCUT2D eigenvalue weighted by Crippen LogP contribution is -1.97. The van der Waals surface area contributed by atoms with Crippen LogP contribution in [0.4, 0.5) is 5.69 Å². The van der Waals surface area contributed by atoms with Gasteiger partial charge in [-0.15, -0.1) is 11.3 Å². The number of hydrogen-bond donors (Lipinski definition) is 2. The molecule has 0 aliphatic rings. The van der Waals surface area contributed by atoms with Crippen LogP contribution in [0.25, 0.3) is 10.2 Å². The van der Waals surface area contributed by atoms with E-state index in [1.165, 1.54) is 0 Å². The lowest BCUT2D eigenvalue weighted by molar-refractivity contribution is 0.0703. The fourth-order valence-corrected chi connectivity index (χ4v) is 2.54. The Morgan fingerprint density at radius 2 is 2.33 bits per heavy atom. The number of carbonyl (C=O) groups is 1. The van der Waals surface area contributed by atoms with E-state index in [1.54, 1.807) is 6.07 Å². The smallest absolute Gasteiger partial charge is 0.348 e. The summed E-state index contributed by atoms with van der Waals surface area (Å²) >= 11 is 4.43. The van der Waals surface area contributed by atoms with E-state index in [9.17, 15) is 4.79 Å². The largest absolute Gasteiger partial charge is 0.477 e. The molecule has 2 aromatic heterocycles. The second-order valence-electron chi connectivity index (χ2n) is 3.06. The molecule has 2 heterocycles. The van der Waals surface area contributed by atoms with Crippen molar-refractivity contribution in [1.82, 2.24) is 4.98 Å². The normalized spacial score (nSPS) is 10.8. The number of carboxylic acids is 1. The van der Waals surface area contributed by atoms with E-state index < -0.39 is 5.97 Å². The molecule has 0 amide bonds. The van der Waals surface area contributed by atoms with Gasteiger partial charge < -0.3 is 10.8 Å². The molecule has 0 aromatic carbocycles. The predicted molar refractivity (Wildman–Crippen MR) is 63.4 cm³/mol. The molecular formula is C9H7BrN2O2S. The maximum Gasteiger partial charge on any atom is 0.348 e. The molecule has 0 saturated heterocycles. The van der Waals surface area contributed by atoms with Crippen LogP contribution in [-0.4, -0.2) is 16.1 Å². The quantitative estimate of drug-likeness (QED) is 0.845. The minimum absolute atomic E-state index is 0.148. The number of thiophene rings is 1. The van der Waals surface area contributed by atoms with Crippen LogP contribution >= 0.6 is 27.3 Å². The summed E-state index contributed by atoms with van der Waals surface area (Å²) in [5.74, 6) is -1.01. The van der Waals surface area contributed by atoms with Gasteiger partial charge in [0, 0.05) is 9.86 Å². The molecule has 6 heteroatoms. The van der Waals surface area contributed by atoms with Gasteiger partial charge in [-0.3, -0.25) is 0 Å². The van der Waals surface area contributed by atoms with Gasteiger partial charge in [-0.25, -0.2) is 9.78 Å². The van der Waals surface area contributed by atoms with Crippen LogP contribution in [0, 0.1) is 6.92 Å². The fourth-order valence-electron chi connectivity index (χ4n) is 1.26. The third kappa shape index (κ3) is 1.59. The van der Waals surface area contributed by atoms with E-state index in [0.717, 1.165) is 21.5 Å². The van der Waals surface area contributed by atoms with Crippen molar-refractivity contribution < 1.29 is 9.90 Å². The number of nitrogens with two attached hydrogens (primary N) is 1. The molecular weight excluding hydrogens is 280 g/mol. The lowest BCUT2D eigenvalue weighted by atomic mass is 10.2. The summed E-state index contributed by atoms with van der Waals surface area (Å²) in [6.07, 6.45) is 0. The Morgan fingerprint density at radius 3 is 2.93 bits per heavy atom.